The summed E-state index contributed by atoms with van der Waals surface area (Å²) in [5, 5.41) is 43.4. The Labute approximate surface area is 181 Å². The van der Waals surface area contributed by atoms with Crippen LogP contribution in [0.5, 0.6) is 5.75 Å². The molecule has 0 aliphatic heterocycles. The average Bonchev–Trinajstić information content (AvgIpc) is 2.68. The zero-order valence-corrected chi connectivity index (χ0v) is 17.2. The molecular formula is C21H22FN3O7. The predicted molar refractivity (Wildman–Crippen MR) is 108 cm³/mol. The maximum Gasteiger partial charge on any atom is 0.255 e. The van der Waals surface area contributed by atoms with Crippen molar-refractivity contribution in [1.82, 2.24) is 4.90 Å². The highest BCUT2D eigenvalue weighted by Crippen LogP contribution is 2.52. The van der Waals surface area contributed by atoms with Gasteiger partial charge in [-0.05, 0) is 32.9 Å². The van der Waals surface area contributed by atoms with Crippen LogP contribution in [0.4, 0.5) is 10.1 Å². The van der Waals surface area contributed by atoms with Gasteiger partial charge in [-0.1, -0.05) is 0 Å². The molecule has 8 N–H and O–H groups in total. The lowest BCUT2D eigenvalue weighted by molar-refractivity contribution is -0.148. The highest BCUT2D eigenvalue weighted by atomic mass is 19.1. The molecule has 0 saturated carbocycles. The van der Waals surface area contributed by atoms with Gasteiger partial charge < -0.3 is 31.9 Å². The molecular weight excluding hydrogens is 425 g/mol. The summed E-state index contributed by atoms with van der Waals surface area (Å²) in [4.78, 5) is 39.6. The Balaban J connectivity index is 1.99. The molecule has 0 bridgehead atoms. The number of nitrogens with zero attached hydrogens (tertiary/aromatic N) is 1. The van der Waals surface area contributed by atoms with Crippen molar-refractivity contribution in [2.75, 3.05) is 19.8 Å². The van der Waals surface area contributed by atoms with E-state index in [0.717, 1.165) is 6.07 Å². The van der Waals surface area contributed by atoms with Gasteiger partial charge in [-0.2, -0.15) is 0 Å². The molecule has 0 radical (unpaired) electrons. The number of aliphatic hydroxyl groups excluding tert-OH is 2. The van der Waals surface area contributed by atoms with Crippen molar-refractivity contribution in [3.8, 4) is 5.75 Å². The number of aliphatic hydroxyl groups is 3. The number of likely N-dealkylation sites (N-methyl/N-ethyl adjacent to an activating group) is 1. The standard InChI is InChI=1S/C21H22FN3O7/c1-25(2)14-8-4-6-3-7-9(22)5-10(23)15(26)12(7)16(27)11(6)18(29)21(8,32)19(30)13(17(14)28)20(24)31/h5-6,8,14,26,28-29,32H,3-4,23H2,1-2H3,(H2,24,31)/t6?,8?,14-,21-/m0/s1. The van der Waals surface area contributed by atoms with E-state index in [1.54, 1.807) is 0 Å². The van der Waals surface area contributed by atoms with Crippen LogP contribution >= 0.6 is 0 Å². The van der Waals surface area contributed by atoms with Crippen molar-refractivity contribution in [2.24, 2.45) is 17.6 Å². The average molecular weight is 447 g/mol. The molecule has 4 atom stereocenters. The number of allylic oxidation sites excluding steroid dienone is 1. The van der Waals surface area contributed by atoms with Gasteiger partial charge in [0.1, 0.15) is 28.7 Å². The second kappa shape index (κ2) is 6.78. The monoisotopic (exact) mass is 447 g/mol. The normalized spacial score (nSPS) is 29.7. The summed E-state index contributed by atoms with van der Waals surface area (Å²) < 4.78 is 14.6. The first kappa shape index (κ1) is 21.8. The summed E-state index contributed by atoms with van der Waals surface area (Å²) in [6, 6.07) is -0.222. The lowest BCUT2D eigenvalue weighted by atomic mass is 9.58. The van der Waals surface area contributed by atoms with Gasteiger partial charge in [-0.25, -0.2) is 4.39 Å². The number of anilines is 1. The van der Waals surface area contributed by atoms with Crippen LogP contribution in [0.1, 0.15) is 22.3 Å². The van der Waals surface area contributed by atoms with Crippen LogP contribution in [-0.2, 0) is 16.0 Å². The first-order chi connectivity index (χ1) is 14.8. The van der Waals surface area contributed by atoms with Gasteiger partial charge in [0.05, 0.1) is 17.3 Å². The van der Waals surface area contributed by atoms with E-state index in [1.807, 2.05) is 0 Å². The molecule has 0 spiro atoms. The quantitative estimate of drug-likeness (QED) is 0.203. The van der Waals surface area contributed by atoms with Crippen molar-refractivity contribution in [3.05, 3.63) is 45.7 Å². The number of nitrogens with two attached hydrogens (primary N) is 2. The number of primary amides is 1. The third-order valence-corrected chi connectivity index (χ3v) is 6.70. The van der Waals surface area contributed by atoms with Crippen molar-refractivity contribution < 1.29 is 39.2 Å². The number of phenolic OH excluding ortho intramolecular Hbond substituents is 1. The van der Waals surface area contributed by atoms with E-state index in [9.17, 15) is 39.2 Å². The SMILES string of the molecule is CN(C)[C@@H]1C(O)=C(C(N)=O)C(=O)[C@@]2(O)C(O)=C3C(=O)c4c(O)c(N)cc(F)c4CC3CC12. The third kappa shape index (κ3) is 2.55. The number of hydrogen-bond donors (Lipinski definition) is 6. The van der Waals surface area contributed by atoms with Crippen LogP contribution in [0.25, 0.3) is 0 Å². The smallest absolute Gasteiger partial charge is 0.255 e. The van der Waals surface area contributed by atoms with E-state index in [2.05, 4.69) is 0 Å². The number of Topliss-reactive ketones (excluding diaryl/α,β-unsaturated/α-hetero) is 2. The molecule has 1 amide bonds. The van der Waals surface area contributed by atoms with Crippen molar-refractivity contribution in [2.45, 2.75) is 24.5 Å². The number of benzene rings is 1. The number of halogens is 1. The molecule has 3 aliphatic carbocycles. The minimum absolute atomic E-state index is 0.102. The fourth-order valence-corrected chi connectivity index (χ4v) is 5.29. The highest BCUT2D eigenvalue weighted by Gasteiger charge is 2.63. The van der Waals surface area contributed by atoms with Gasteiger partial charge >= 0.3 is 0 Å². The summed E-state index contributed by atoms with van der Waals surface area (Å²) in [6.07, 6.45) is -0.245. The zero-order valence-electron chi connectivity index (χ0n) is 17.2. The number of carbonyl (C=O) groups is 3. The Morgan fingerprint density at radius 2 is 1.88 bits per heavy atom. The third-order valence-electron chi connectivity index (χ3n) is 6.70. The van der Waals surface area contributed by atoms with E-state index in [1.165, 1.54) is 19.0 Å². The van der Waals surface area contributed by atoms with E-state index in [-0.39, 0.29) is 29.7 Å². The Hall–Kier alpha value is -3.44. The predicted octanol–water partition coefficient (Wildman–Crippen LogP) is -0.158. The fourth-order valence-electron chi connectivity index (χ4n) is 5.29. The fraction of sp³-hybridized carbons (Fsp3) is 0.381. The first-order valence-corrected chi connectivity index (χ1v) is 9.78. The molecule has 0 heterocycles. The molecule has 0 saturated heterocycles. The van der Waals surface area contributed by atoms with Gasteiger partial charge in [0.2, 0.25) is 5.78 Å². The molecule has 10 nitrogen and oxygen atoms in total. The highest BCUT2D eigenvalue weighted by molar-refractivity contribution is 6.24. The van der Waals surface area contributed by atoms with Gasteiger partial charge in [0.25, 0.3) is 5.91 Å². The lowest BCUT2D eigenvalue weighted by Crippen LogP contribution is -2.63. The molecule has 0 aromatic heterocycles. The van der Waals surface area contributed by atoms with Gasteiger partial charge in [-0.3, -0.25) is 19.3 Å². The number of ketones is 2. The number of rotatable bonds is 2. The first-order valence-electron chi connectivity index (χ1n) is 9.78. The summed E-state index contributed by atoms with van der Waals surface area (Å²) in [5.74, 6) is -8.80. The van der Waals surface area contributed by atoms with Crippen LogP contribution < -0.4 is 11.5 Å². The Kier molecular flexibility index (Phi) is 4.61. The summed E-state index contributed by atoms with van der Waals surface area (Å²) in [5.41, 5.74) is 5.88. The second-order valence-corrected chi connectivity index (χ2v) is 8.61. The largest absolute Gasteiger partial charge is 0.510 e. The molecule has 0 fully saturated rings. The van der Waals surface area contributed by atoms with Crippen molar-refractivity contribution in [1.29, 1.82) is 0 Å². The van der Waals surface area contributed by atoms with Crippen molar-refractivity contribution in [3.63, 3.8) is 0 Å². The maximum absolute atomic E-state index is 14.6. The molecule has 3 aliphatic rings. The molecule has 1 aromatic rings. The topological polar surface area (TPSA) is 187 Å². The van der Waals surface area contributed by atoms with Crippen LogP contribution in [0.3, 0.4) is 0 Å². The van der Waals surface area contributed by atoms with E-state index in [4.69, 9.17) is 11.5 Å². The Morgan fingerprint density at radius 1 is 1.25 bits per heavy atom. The maximum atomic E-state index is 14.6. The molecule has 4 rings (SSSR count). The number of phenols is 1. The minimum Gasteiger partial charge on any atom is -0.510 e. The minimum atomic E-state index is -2.74. The van der Waals surface area contributed by atoms with Gasteiger partial charge in [0, 0.05) is 23.1 Å². The molecule has 32 heavy (non-hydrogen) atoms. The van der Waals surface area contributed by atoms with E-state index >= 15 is 0 Å². The molecule has 170 valence electrons. The van der Waals surface area contributed by atoms with Crippen LogP contribution in [-0.4, -0.2) is 68.5 Å². The van der Waals surface area contributed by atoms with E-state index in [0.29, 0.717) is 0 Å². The summed E-state index contributed by atoms with van der Waals surface area (Å²) in [6.45, 7) is 0. The van der Waals surface area contributed by atoms with Gasteiger partial charge in [0.15, 0.2) is 11.4 Å². The van der Waals surface area contributed by atoms with Crippen molar-refractivity contribution >= 4 is 23.2 Å². The van der Waals surface area contributed by atoms with Crippen LogP contribution in [0, 0.1) is 17.7 Å². The second-order valence-electron chi connectivity index (χ2n) is 8.61. The number of amides is 1. The lowest BCUT2D eigenvalue weighted by Gasteiger charge is -2.50. The number of carbonyl (C=O) groups excluding carboxylic acids is 3. The summed E-state index contributed by atoms with van der Waals surface area (Å²) >= 11 is 0. The zero-order chi connectivity index (χ0) is 23.9. The molecule has 11 heteroatoms. The Bertz CT molecular complexity index is 1170. The molecule has 2 unspecified atom stereocenters. The number of fused-ring (bicyclic) bond motifs is 3. The van der Waals surface area contributed by atoms with Crippen LogP contribution in [0.2, 0.25) is 0 Å². The number of aromatic hydroxyl groups is 1. The van der Waals surface area contributed by atoms with E-state index < -0.39 is 75.2 Å². The van der Waals surface area contributed by atoms with Crippen LogP contribution in [0.15, 0.2) is 28.7 Å². The summed E-state index contributed by atoms with van der Waals surface area (Å²) in [7, 11) is 3.04. The number of hydrogen-bond acceptors (Lipinski definition) is 9. The van der Waals surface area contributed by atoms with Gasteiger partial charge in [-0.15, -0.1) is 0 Å². The molecule has 1 aromatic carbocycles. The Morgan fingerprint density at radius 3 is 2.44 bits per heavy atom. The number of nitrogen functional groups attached to an aromatic ring is 1.